The van der Waals surface area contributed by atoms with Crippen LogP contribution in [0.2, 0.25) is 0 Å². The van der Waals surface area contributed by atoms with E-state index in [-0.39, 0.29) is 18.0 Å². The Kier molecular flexibility index (Phi) is 4.72. The van der Waals surface area contributed by atoms with Crippen molar-refractivity contribution in [3.63, 3.8) is 0 Å². The lowest BCUT2D eigenvalue weighted by atomic mass is 10.1. The van der Waals surface area contributed by atoms with E-state index in [0.717, 1.165) is 12.0 Å². The molecule has 84 valence electrons. The third-order valence-corrected chi connectivity index (χ3v) is 2.50. The van der Waals surface area contributed by atoms with Gasteiger partial charge in [0.2, 0.25) is 0 Å². The zero-order valence-corrected chi connectivity index (χ0v) is 9.20. The summed E-state index contributed by atoms with van der Waals surface area (Å²) >= 11 is 0. The molecule has 3 heteroatoms. The second kappa shape index (κ2) is 5.83. The van der Waals surface area contributed by atoms with Crippen LogP contribution in [0.15, 0.2) is 24.3 Å². The maximum Gasteiger partial charge on any atom is 0.123 e. The summed E-state index contributed by atoms with van der Waals surface area (Å²) in [4.78, 5) is 0. The fourth-order valence-corrected chi connectivity index (χ4v) is 1.33. The molecule has 2 atom stereocenters. The highest BCUT2D eigenvalue weighted by Gasteiger charge is 2.07. The van der Waals surface area contributed by atoms with Gasteiger partial charge in [0.05, 0.1) is 6.10 Å². The molecule has 0 spiro atoms. The summed E-state index contributed by atoms with van der Waals surface area (Å²) < 4.78 is 12.7. The SMILES string of the molecule is CCC(O)CN[C@H](C)c1ccc(F)cc1. The summed E-state index contributed by atoms with van der Waals surface area (Å²) in [5.41, 5.74) is 1.03. The van der Waals surface area contributed by atoms with E-state index in [9.17, 15) is 9.50 Å². The molecule has 0 bridgehead atoms. The van der Waals surface area contributed by atoms with Crippen LogP contribution in [-0.2, 0) is 0 Å². The van der Waals surface area contributed by atoms with Gasteiger partial charge in [-0.25, -0.2) is 4.39 Å². The maximum atomic E-state index is 12.7. The lowest BCUT2D eigenvalue weighted by molar-refractivity contribution is 0.164. The molecular weight excluding hydrogens is 193 g/mol. The van der Waals surface area contributed by atoms with Crippen molar-refractivity contribution in [3.8, 4) is 0 Å². The van der Waals surface area contributed by atoms with E-state index in [4.69, 9.17) is 0 Å². The number of hydrogen-bond donors (Lipinski definition) is 2. The van der Waals surface area contributed by atoms with E-state index in [1.54, 1.807) is 12.1 Å². The van der Waals surface area contributed by atoms with Gasteiger partial charge in [-0.05, 0) is 31.0 Å². The van der Waals surface area contributed by atoms with Gasteiger partial charge in [0.15, 0.2) is 0 Å². The molecule has 0 radical (unpaired) electrons. The minimum absolute atomic E-state index is 0.131. The summed E-state index contributed by atoms with van der Waals surface area (Å²) in [7, 11) is 0. The molecule has 1 rings (SSSR count). The van der Waals surface area contributed by atoms with Gasteiger partial charge in [0.1, 0.15) is 5.82 Å². The van der Waals surface area contributed by atoms with E-state index in [2.05, 4.69) is 5.32 Å². The number of hydrogen-bond acceptors (Lipinski definition) is 2. The highest BCUT2D eigenvalue weighted by atomic mass is 19.1. The van der Waals surface area contributed by atoms with E-state index in [1.165, 1.54) is 12.1 Å². The average molecular weight is 211 g/mol. The third kappa shape index (κ3) is 3.98. The quantitative estimate of drug-likeness (QED) is 0.783. The van der Waals surface area contributed by atoms with Gasteiger partial charge in [-0.2, -0.15) is 0 Å². The van der Waals surface area contributed by atoms with Crippen LogP contribution >= 0.6 is 0 Å². The first-order chi connectivity index (χ1) is 7.13. The van der Waals surface area contributed by atoms with Crippen molar-refractivity contribution in [2.75, 3.05) is 6.54 Å². The van der Waals surface area contributed by atoms with Crippen molar-refractivity contribution in [1.29, 1.82) is 0 Å². The fraction of sp³-hybridized carbons (Fsp3) is 0.500. The molecule has 1 aromatic rings. The molecule has 0 saturated carbocycles. The van der Waals surface area contributed by atoms with Gasteiger partial charge in [-0.15, -0.1) is 0 Å². The van der Waals surface area contributed by atoms with Crippen LogP contribution in [0.1, 0.15) is 31.9 Å². The van der Waals surface area contributed by atoms with Gasteiger partial charge in [0, 0.05) is 12.6 Å². The number of rotatable bonds is 5. The Bertz CT molecular complexity index is 286. The zero-order valence-electron chi connectivity index (χ0n) is 9.20. The van der Waals surface area contributed by atoms with E-state index in [1.807, 2.05) is 13.8 Å². The molecule has 0 heterocycles. The van der Waals surface area contributed by atoms with Crippen molar-refractivity contribution in [3.05, 3.63) is 35.6 Å². The minimum atomic E-state index is -0.312. The lowest BCUT2D eigenvalue weighted by Crippen LogP contribution is -2.28. The number of nitrogens with one attached hydrogen (secondary N) is 1. The summed E-state index contributed by atoms with van der Waals surface area (Å²) in [6, 6.07) is 6.54. The first-order valence-corrected chi connectivity index (χ1v) is 5.30. The topological polar surface area (TPSA) is 32.3 Å². The second-order valence-corrected chi connectivity index (χ2v) is 3.74. The standard InChI is InChI=1S/C12H18FNO/c1-3-12(15)8-14-9(2)10-4-6-11(13)7-5-10/h4-7,9,12,14-15H,3,8H2,1-2H3/t9-,12?/m1/s1. The van der Waals surface area contributed by atoms with Gasteiger partial charge in [0.25, 0.3) is 0 Å². The smallest absolute Gasteiger partial charge is 0.123 e. The zero-order chi connectivity index (χ0) is 11.3. The summed E-state index contributed by atoms with van der Waals surface area (Å²) in [5.74, 6) is -0.223. The molecule has 2 N–H and O–H groups in total. The molecule has 0 fully saturated rings. The Labute approximate surface area is 90.1 Å². The normalized spacial score (nSPS) is 14.9. The predicted octanol–water partition coefficient (Wildman–Crippen LogP) is 2.25. The first kappa shape index (κ1) is 12.1. The van der Waals surface area contributed by atoms with Gasteiger partial charge in [-0.3, -0.25) is 0 Å². The molecule has 0 aliphatic heterocycles. The lowest BCUT2D eigenvalue weighted by Gasteiger charge is -2.16. The molecule has 0 aliphatic rings. The van der Waals surface area contributed by atoms with Crippen molar-refractivity contribution < 1.29 is 9.50 Å². The summed E-state index contributed by atoms with van der Waals surface area (Å²) in [5, 5.41) is 12.6. The Balaban J connectivity index is 2.46. The van der Waals surface area contributed by atoms with Crippen LogP contribution in [0.25, 0.3) is 0 Å². The Morgan fingerprint density at radius 3 is 2.47 bits per heavy atom. The third-order valence-electron chi connectivity index (χ3n) is 2.50. The van der Waals surface area contributed by atoms with Gasteiger partial charge < -0.3 is 10.4 Å². The van der Waals surface area contributed by atoms with Crippen molar-refractivity contribution in [1.82, 2.24) is 5.32 Å². The van der Waals surface area contributed by atoms with E-state index in [0.29, 0.717) is 6.54 Å². The highest BCUT2D eigenvalue weighted by Crippen LogP contribution is 2.12. The predicted molar refractivity (Wildman–Crippen MR) is 59.1 cm³/mol. The Hall–Kier alpha value is -0.930. The molecular formula is C12H18FNO. The summed E-state index contributed by atoms with van der Waals surface area (Å²) in [6.45, 7) is 4.50. The molecule has 0 aliphatic carbocycles. The second-order valence-electron chi connectivity index (χ2n) is 3.74. The van der Waals surface area contributed by atoms with E-state index >= 15 is 0 Å². The van der Waals surface area contributed by atoms with Crippen molar-refractivity contribution >= 4 is 0 Å². The number of aliphatic hydroxyl groups is 1. The number of aliphatic hydroxyl groups excluding tert-OH is 1. The highest BCUT2D eigenvalue weighted by molar-refractivity contribution is 5.19. The first-order valence-electron chi connectivity index (χ1n) is 5.30. The molecule has 1 aromatic carbocycles. The molecule has 0 saturated heterocycles. The molecule has 15 heavy (non-hydrogen) atoms. The van der Waals surface area contributed by atoms with Crippen LogP contribution in [0.4, 0.5) is 4.39 Å². The largest absolute Gasteiger partial charge is 0.392 e. The van der Waals surface area contributed by atoms with Crippen LogP contribution in [0, 0.1) is 5.82 Å². The molecule has 0 aromatic heterocycles. The van der Waals surface area contributed by atoms with Crippen molar-refractivity contribution in [2.45, 2.75) is 32.4 Å². The molecule has 1 unspecified atom stereocenters. The Morgan fingerprint density at radius 1 is 1.33 bits per heavy atom. The fourth-order valence-electron chi connectivity index (χ4n) is 1.33. The van der Waals surface area contributed by atoms with Gasteiger partial charge in [-0.1, -0.05) is 19.1 Å². The number of halogens is 1. The maximum absolute atomic E-state index is 12.7. The van der Waals surface area contributed by atoms with Crippen molar-refractivity contribution in [2.24, 2.45) is 0 Å². The number of benzene rings is 1. The molecule has 0 amide bonds. The van der Waals surface area contributed by atoms with Gasteiger partial charge >= 0.3 is 0 Å². The van der Waals surface area contributed by atoms with Crippen LogP contribution in [-0.4, -0.2) is 17.8 Å². The average Bonchev–Trinajstić information content (AvgIpc) is 2.26. The monoisotopic (exact) mass is 211 g/mol. The van der Waals surface area contributed by atoms with Crippen LogP contribution in [0.5, 0.6) is 0 Å². The van der Waals surface area contributed by atoms with E-state index < -0.39 is 0 Å². The molecule has 2 nitrogen and oxygen atoms in total. The van der Waals surface area contributed by atoms with Crippen LogP contribution < -0.4 is 5.32 Å². The minimum Gasteiger partial charge on any atom is -0.392 e. The Morgan fingerprint density at radius 2 is 1.93 bits per heavy atom. The summed E-state index contributed by atoms with van der Waals surface area (Å²) in [6.07, 6.45) is 0.427. The van der Waals surface area contributed by atoms with Crippen LogP contribution in [0.3, 0.4) is 0 Å².